The highest BCUT2D eigenvalue weighted by Gasteiger charge is 2.31. The summed E-state index contributed by atoms with van der Waals surface area (Å²) in [5.41, 5.74) is 1.78. The third-order valence-electron chi connectivity index (χ3n) is 4.97. The van der Waals surface area contributed by atoms with Crippen LogP contribution >= 0.6 is 0 Å². The van der Waals surface area contributed by atoms with Crippen molar-refractivity contribution in [1.82, 2.24) is 10.6 Å². The highest BCUT2D eigenvalue weighted by molar-refractivity contribution is 5.97. The number of nitrogens with zero attached hydrogens (tertiary/aromatic N) is 1. The average Bonchev–Trinajstić information content (AvgIpc) is 3.13. The molecular formula is C22H27N3O5. The van der Waals surface area contributed by atoms with Crippen molar-refractivity contribution in [3.8, 4) is 17.2 Å². The van der Waals surface area contributed by atoms with Gasteiger partial charge in [-0.1, -0.05) is 12.1 Å². The Morgan fingerprint density at radius 2 is 1.87 bits per heavy atom. The van der Waals surface area contributed by atoms with Crippen molar-refractivity contribution in [3.05, 3.63) is 48.0 Å². The molecule has 2 aromatic rings. The summed E-state index contributed by atoms with van der Waals surface area (Å²) in [6.45, 7) is 0.886. The lowest BCUT2D eigenvalue weighted by Gasteiger charge is -2.18. The highest BCUT2D eigenvalue weighted by Crippen LogP contribution is 2.28. The number of carbonyl (C=O) groups is 2. The summed E-state index contributed by atoms with van der Waals surface area (Å²) < 4.78 is 15.7. The predicted molar refractivity (Wildman–Crippen MR) is 114 cm³/mol. The number of ether oxygens (including phenoxy) is 3. The molecule has 0 radical (unpaired) electrons. The first kappa shape index (κ1) is 21.3. The van der Waals surface area contributed by atoms with Crippen LogP contribution < -0.4 is 29.7 Å². The molecule has 0 saturated carbocycles. The summed E-state index contributed by atoms with van der Waals surface area (Å²) >= 11 is 0. The van der Waals surface area contributed by atoms with E-state index < -0.39 is 0 Å². The SMILES string of the molecule is COc1cccc(N2C[C@H](NC(=O)NCCc3ccc(OC)c(OC)c3)CC2=O)c1. The van der Waals surface area contributed by atoms with Crippen LogP contribution in [0.15, 0.2) is 42.5 Å². The van der Waals surface area contributed by atoms with E-state index >= 15 is 0 Å². The number of urea groups is 1. The zero-order valence-electron chi connectivity index (χ0n) is 17.4. The van der Waals surface area contributed by atoms with Gasteiger partial charge in [-0.2, -0.15) is 0 Å². The number of hydrogen-bond donors (Lipinski definition) is 2. The van der Waals surface area contributed by atoms with Crippen LogP contribution in [0.5, 0.6) is 17.2 Å². The minimum Gasteiger partial charge on any atom is -0.497 e. The largest absolute Gasteiger partial charge is 0.497 e. The average molecular weight is 413 g/mol. The smallest absolute Gasteiger partial charge is 0.315 e. The molecular weight excluding hydrogens is 386 g/mol. The van der Waals surface area contributed by atoms with E-state index in [1.807, 2.05) is 42.5 Å². The van der Waals surface area contributed by atoms with E-state index in [2.05, 4.69) is 10.6 Å². The minimum atomic E-state index is -0.291. The van der Waals surface area contributed by atoms with Gasteiger partial charge >= 0.3 is 6.03 Å². The summed E-state index contributed by atoms with van der Waals surface area (Å²) in [5.74, 6) is 1.98. The maximum atomic E-state index is 12.4. The Morgan fingerprint density at radius 1 is 1.07 bits per heavy atom. The van der Waals surface area contributed by atoms with Crippen LogP contribution in [0.25, 0.3) is 0 Å². The lowest BCUT2D eigenvalue weighted by molar-refractivity contribution is -0.117. The maximum absolute atomic E-state index is 12.4. The van der Waals surface area contributed by atoms with Gasteiger partial charge in [0.25, 0.3) is 0 Å². The molecule has 8 nitrogen and oxygen atoms in total. The van der Waals surface area contributed by atoms with Crippen LogP contribution in [0.4, 0.5) is 10.5 Å². The summed E-state index contributed by atoms with van der Waals surface area (Å²) in [6, 6.07) is 12.4. The van der Waals surface area contributed by atoms with Crippen LogP contribution in [0.3, 0.4) is 0 Å². The molecule has 0 spiro atoms. The van der Waals surface area contributed by atoms with Crippen LogP contribution in [-0.2, 0) is 11.2 Å². The zero-order chi connectivity index (χ0) is 21.5. The van der Waals surface area contributed by atoms with Crippen molar-refractivity contribution in [3.63, 3.8) is 0 Å². The van der Waals surface area contributed by atoms with Gasteiger partial charge in [-0.25, -0.2) is 4.79 Å². The third-order valence-corrected chi connectivity index (χ3v) is 4.97. The zero-order valence-corrected chi connectivity index (χ0v) is 17.4. The van der Waals surface area contributed by atoms with E-state index in [-0.39, 0.29) is 24.4 Å². The number of nitrogens with one attached hydrogen (secondary N) is 2. The van der Waals surface area contributed by atoms with Crippen molar-refractivity contribution in [2.24, 2.45) is 0 Å². The monoisotopic (exact) mass is 413 g/mol. The second kappa shape index (κ2) is 9.87. The number of carbonyl (C=O) groups excluding carboxylic acids is 2. The molecule has 1 aliphatic heterocycles. The maximum Gasteiger partial charge on any atom is 0.315 e. The molecule has 1 heterocycles. The van der Waals surface area contributed by atoms with Crippen molar-refractivity contribution in [2.75, 3.05) is 39.3 Å². The van der Waals surface area contributed by atoms with E-state index in [9.17, 15) is 9.59 Å². The number of anilines is 1. The second-order valence-corrected chi connectivity index (χ2v) is 6.95. The number of rotatable bonds is 8. The number of amides is 3. The van der Waals surface area contributed by atoms with Gasteiger partial charge in [0.15, 0.2) is 11.5 Å². The quantitative estimate of drug-likeness (QED) is 0.694. The van der Waals surface area contributed by atoms with Crippen molar-refractivity contribution in [2.45, 2.75) is 18.9 Å². The molecule has 2 N–H and O–H groups in total. The molecule has 0 aromatic heterocycles. The molecule has 1 aliphatic rings. The van der Waals surface area contributed by atoms with E-state index in [0.717, 1.165) is 11.3 Å². The molecule has 0 unspecified atom stereocenters. The van der Waals surface area contributed by atoms with Gasteiger partial charge in [-0.15, -0.1) is 0 Å². The molecule has 1 saturated heterocycles. The van der Waals surface area contributed by atoms with Crippen molar-refractivity contribution < 1.29 is 23.8 Å². The van der Waals surface area contributed by atoms with Crippen LogP contribution in [-0.4, -0.2) is 52.4 Å². The molecule has 8 heteroatoms. The first-order valence-electron chi connectivity index (χ1n) is 9.73. The van der Waals surface area contributed by atoms with Gasteiger partial charge in [0.2, 0.25) is 5.91 Å². The first-order valence-corrected chi connectivity index (χ1v) is 9.73. The van der Waals surface area contributed by atoms with Gasteiger partial charge in [0, 0.05) is 31.3 Å². The molecule has 1 fully saturated rings. The molecule has 2 aromatic carbocycles. The van der Waals surface area contributed by atoms with Gasteiger partial charge in [0.1, 0.15) is 5.75 Å². The Balaban J connectivity index is 1.48. The summed E-state index contributed by atoms with van der Waals surface area (Å²) in [4.78, 5) is 26.3. The summed E-state index contributed by atoms with van der Waals surface area (Å²) in [5, 5.41) is 5.72. The normalized spacial score (nSPS) is 15.6. The molecule has 3 rings (SSSR count). The predicted octanol–water partition coefficient (Wildman–Crippen LogP) is 2.36. The second-order valence-electron chi connectivity index (χ2n) is 6.95. The van der Waals surface area contributed by atoms with Gasteiger partial charge in [0.05, 0.1) is 27.4 Å². The number of methoxy groups -OCH3 is 3. The molecule has 30 heavy (non-hydrogen) atoms. The van der Waals surface area contributed by atoms with Crippen LogP contribution in [0.1, 0.15) is 12.0 Å². The fourth-order valence-corrected chi connectivity index (χ4v) is 3.43. The Kier molecular flexibility index (Phi) is 7.00. The Hall–Kier alpha value is -3.42. The minimum absolute atomic E-state index is 0.0288. The van der Waals surface area contributed by atoms with E-state index in [1.165, 1.54) is 0 Å². The molecule has 160 valence electrons. The Labute approximate surface area is 176 Å². The lowest BCUT2D eigenvalue weighted by atomic mass is 10.1. The van der Waals surface area contributed by atoms with E-state index in [0.29, 0.717) is 36.8 Å². The fraction of sp³-hybridized carbons (Fsp3) is 0.364. The van der Waals surface area contributed by atoms with Crippen molar-refractivity contribution >= 4 is 17.6 Å². The van der Waals surface area contributed by atoms with Gasteiger partial charge in [-0.3, -0.25) is 4.79 Å². The molecule has 0 aliphatic carbocycles. The van der Waals surface area contributed by atoms with E-state index in [1.54, 1.807) is 26.2 Å². The molecule has 3 amide bonds. The van der Waals surface area contributed by atoms with Gasteiger partial charge < -0.3 is 29.7 Å². The topological polar surface area (TPSA) is 89.1 Å². The lowest BCUT2D eigenvalue weighted by Crippen LogP contribution is -2.43. The summed E-state index contributed by atoms with van der Waals surface area (Å²) in [6.07, 6.45) is 0.910. The standard InChI is InChI=1S/C22H27N3O5/c1-28-18-6-4-5-17(13-18)25-14-16(12-21(25)26)24-22(27)23-10-9-15-7-8-19(29-2)20(11-15)30-3/h4-8,11,13,16H,9-10,12,14H2,1-3H3,(H2,23,24,27)/t16-/m1/s1. The highest BCUT2D eigenvalue weighted by atomic mass is 16.5. The molecule has 1 atom stereocenters. The first-order chi connectivity index (χ1) is 14.5. The number of benzene rings is 2. The third kappa shape index (κ3) is 5.14. The van der Waals surface area contributed by atoms with Crippen LogP contribution in [0.2, 0.25) is 0 Å². The number of hydrogen-bond acceptors (Lipinski definition) is 5. The fourth-order valence-electron chi connectivity index (χ4n) is 3.43. The molecule has 0 bridgehead atoms. The Bertz CT molecular complexity index is 902. The van der Waals surface area contributed by atoms with Crippen molar-refractivity contribution in [1.29, 1.82) is 0 Å². The van der Waals surface area contributed by atoms with E-state index in [4.69, 9.17) is 14.2 Å². The summed E-state index contributed by atoms with van der Waals surface area (Å²) in [7, 11) is 4.76. The van der Waals surface area contributed by atoms with Crippen LogP contribution in [0, 0.1) is 0 Å². The van der Waals surface area contributed by atoms with Gasteiger partial charge in [-0.05, 0) is 36.2 Å². The Morgan fingerprint density at radius 3 is 2.60 bits per heavy atom.